The number of hydrogen-bond acceptors (Lipinski definition) is 12. The summed E-state index contributed by atoms with van der Waals surface area (Å²) in [6, 6.07) is 18.9. The number of pyridine rings is 2. The third kappa shape index (κ3) is 9.38. The monoisotopic (exact) mass is 966 g/mol. The summed E-state index contributed by atoms with van der Waals surface area (Å²) < 4.78 is 35.5. The fraction of sp³-hybridized carbons (Fsp3) is 0.385. The van der Waals surface area contributed by atoms with E-state index in [1.807, 2.05) is 0 Å². The molecule has 5 aromatic rings. The quantitative estimate of drug-likeness (QED) is 0.0770. The van der Waals surface area contributed by atoms with Crippen LogP contribution in [0.2, 0.25) is 0 Å². The zero-order valence-electron chi connectivity index (χ0n) is 38.8. The molecule has 2 bridgehead atoms. The SMILES string of the molecule is O=C1CCC(N2Cc3cc(NC(=O)CCN4CC5CC(C4)N5CC4CCN(c5cc6nccc(Oc7ccc(NC(=O)C8(C(=O)Nc9ccc(F)cc9)CC8)cc7)c6cc5F)CC4)ncc3C2=O)C(=O)N1. The molecule has 17 nitrogen and oxygen atoms in total. The van der Waals surface area contributed by atoms with E-state index in [1.165, 1.54) is 41.4 Å². The van der Waals surface area contributed by atoms with Crippen LogP contribution in [0.3, 0.4) is 0 Å². The molecule has 0 radical (unpaired) electrons. The zero-order chi connectivity index (χ0) is 49.0. The number of imide groups is 1. The third-order valence-corrected chi connectivity index (χ3v) is 15.0. The van der Waals surface area contributed by atoms with Gasteiger partial charge < -0.3 is 30.5 Å². The first-order valence-electron chi connectivity index (χ1n) is 24.3. The number of aromatic nitrogens is 2. The zero-order valence-corrected chi connectivity index (χ0v) is 38.8. The Balaban J connectivity index is 0.624. The van der Waals surface area contributed by atoms with Crippen molar-refractivity contribution in [3.63, 3.8) is 0 Å². The highest BCUT2D eigenvalue weighted by molar-refractivity contribution is 6.17. The number of carbonyl (C=O) groups is 6. The fourth-order valence-corrected chi connectivity index (χ4v) is 10.8. The van der Waals surface area contributed by atoms with Crippen LogP contribution in [0.5, 0.6) is 11.5 Å². The van der Waals surface area contributed by atoms with Crippen LogP contribution in [0.15, 0.2) is 85.2 Å². The largest absolute Gasteiger partial charge is 0.457 e. The van der Waals surface area contributed by atoms with Gasteiger partial charge in [-0.1, -0.05) is 0 Å². The second-order valence-electron chi connectivity index (χ2n) is 19.6. The van der Waals surface area contributed by atoms with E-state index in [9.17, 15) is 33.2 Å². The van der Waals surface area contributed by atoms with Gasteiger partial charge >= 0.3 is 0 Å². The molecule has 7 aliphatic rings. The Morgan fingerprint density at radius 2 is 1.54 bits per heavy atom. The van der Waals surface area contributed by atoms with E-state index in [2.05, 4.69) is 45.9 Å². The van der Waals surface area contributed by atoms with E-state index in [0.717, 1.165) is 52.0 Å². The van der Waals surface area contributed by atoms with Gasteiger partial charge in [-0.05, 0) is 123 Å². The number of piperazine rings is 1. The van der Waals surface area contributed by atoms with Crippen molar-refractivity contribution < 1.29 is 42.3 Å². The molecule has 19 heteroatoms. The molecular formula is C52H52F2N10O7. The summed E-state index contributed by atoms with van der Waals surface area (Å²) >= 11 is 0. The number of ether oxygens (including phenoxy) is 1. The lowest BCUT2D eigenvalue weighted by Crippen LogP contribution is -2.69. The molecule has 8 heterocycles. The summed E-state index contributed by atoms with van der Waals surface area (Å²) in [4.78, 5) is 93.6. The van der Waals surface area contributed by atoms with Gasteiger partial charge in [0, 0.05) is 99.9 Å². The molecule has 3 aromatic carbocycles. The minimum atomic E-state index is -1.20. The van der Waals surface area contributed by atoms with E-state index < -0.39 is 35.0 Å². The number of nitrogens with zero attached hydrogens (tertiary/aromatic N) is 6. The van der Waals surface area contributed by atoms with Gasteiger partial charge in [-0.2, -0.15) is 0 Å². The van der Waals surface area contributed by atoms with E-state index >= 15 is 4.39 Å². The summed E-state index contributed by atoms with van der Waals surface area (Å²) in [5.41, 5.74) is 1.88. The molecule has 6 amide bonds. The molecule has 4 N–H and O–H groups in total. The van der Waals surface area contributed by atoms with E-state index in [-0.39, 0.29) is 42.9 Å². The lowest BCUT2D eigenvalue weighted by Gasteiger charge is -2.57. The molecule has 6 fully saturated rings. The Kier molecular flexibility index (Phi) is 12.2. The average Bonchev–Trinajstić information content (AvgIpc) is 4.13. The summed E-state index contributed by atoms with van der Waals surface area (Å²) in [6.07, 6.45) is 7.64. The molecule has 1 saturated carbocycles. The molecule has 3 unspecified atom stereocenters. The molecule has 71 heavy (non-hydrogen) atoms. The number of anilines is 4. The molecular weight excluding hydrogens is 915 g/mol. The van der Waals surface area contributed by atoms with Gasteiger partial charge in [0.05, 0.1) is 16.8 Å². The molecule has 0 spiro atoms. The predicted octanol–water partition coefficient (Wildman–Crippen LogP) is 5.82. The molecule has 1 aliphatic carbocycles. The van der Waals surface area contributed by atoms with Crippen molar-refractivity contribution in [2.45, 2.75) is 76.0 Å². The first-order valence-corrected chi connectivity index (χ1v) is 24.3. The Hall–Kier alpha value is -7.38. The van der Waals surface area contributed by atoms with Gasteiger partial charge in [-0.25, -0.2) is 13.8 Å². The smallest absolute Gasteiger partial charge is 0.256 e. The van der Waals surface area contributed by atoms with Crippen LogP contribution in [-0.4, -0.2) is 118 Å². The Bertz CT molecular complexity index is 2950. The highest BCUT2D eigenvalue weighted by atomic mass is 19.1. The normalized spacial score (nSPS) is 21.8. The third-order valence-electron chi connectivity index (χ3n) is 15.0. The number of hydrogen-bond donors (Lipinski definition) is 4. The second kappa shape index (κ2) is 18.7. The predicted molar refractivity (Wildman–Crippen MR) is 257 cm³/mol. The van der Waals surface area contributed by atoms with Crippen LogP contribution < -0.4 is 30.9 Å². The summed E-state index contributed by atoms with van der Waals surface area (Å²) in [5, 5.41) is 11.2. The Morgan fingerprint density at radius 1 is 0.831 bits per heavy atom. The first-order chi connectivity index (χ1) is 34.3. The van der Waals surface area contributed by atoms with Gasteiger partial charge in [0.1, 0.15) is 40.4 Å². The van der Waals surface area contributed by atoms with Crippen molar-refractivity contribution in [2.75, 3.05) is 60.1 Å². The minimum Gasteiger partial charge on any atom is -0.457 e. The number of piperidine rings is 3. The Labute approximate surface area is 407 Å². The highest BCUT2D eigenvalue weighted by Gasteiger charge is 2.56. The van der Waals surface area contributed by atoms with Crippen molar-refractivity contribution >= 4 is 69.2 Å². The highest BCUT2D eigenvalue weighted by Crippen LogP contribution is 2.48. The van der Waals surface area contributed by atoms with Crippen molar-refractivity contribution in [3.8, 4) is 11.5 Å². The molecule has 6 aliphatic heterocycles. The van der Waals surface area contributed by atoms with E-state index in [4.69, 9.17) is 4.74 Å². The average molecular weight is 967 g/mol. The Morgan fingerprint density at radius 3 is 2.23 bits per heavy atom. The summed E-state index contributed by atoms with van der Waals surface area (Å²) in [5.74, 6) is -1.19. The second-order valence-corrected chi connectivity index (χ2v) is 19.6. The van der Waals surface area contributed by atoms with Crippen molar-refractivity contribution in [2.24, 2.45) is 11.3 Å². The van der Waals surface area contributed by atoms with Gasteiger partial charge in [0.2, 0.25) is 29.5 Å². The molecule has 3 atom stereocenters. The number of halogens is 2. The molecule has 2 aromatic heterocycles. The van der Waals surface area contributed by atoms with E-state index in [0.29, 0.717) is 100 Å². The minimum absolute atomic E-state index is 0.162. The van der Waals surface area contributed by atoms with Gasteiger partial charge in [0.25, 0.3) is 5.91 Å². The fourth-order valence-electron chi connectivity index (χ4n) is 10.8. The molecule has 12 rings (SSSR count). The van der Waals surface area contributed by atoms with E-state index in [1.54, 1.807) is 48.7 Å². The van der Waals surface area contributed by atoms with Crippen LogP contribution in [0.1, 0.15) is 67.3 Å². The summed E-state index contributed by atoms with van der Waals surface area (Å²) in [6.45, 7) is 5.07. The standard InChI is InChI=1S/C52H52F2N10O7/c53-32-1-3-33(4-2-32)57-50(69)52(15-16-52)51(70)58-34-5-7-37(8-6-34)71-44-11-17-55-41-24-43(40(54)23-38(41)44)62-19-12-30(13-20-62)26-63-35-22-36(63)29-61(28-35)18-14-47(66)59-45-21-31-27-64(49(68)39(31)25-56-45)42-9-10-46(65)60-48(42)67/h1-8,11,17,21,23-25,30,35-36,42H,9-10,12-16,18-20,22,26-29H2,(H,57,69)(H,58,70)(H,56,59,66)(H,60,65,67). The maximum atomic E-state index is 15.9. The van der Waals surface area contributed by atoms with Crippen LogP contribution >= 0.6 is 0 Å². The van der Waals surface area contributed by atoms with Gasteiger partial charge in [-0.15, -0.1) is 0 Å². The van der Waals surface area contributed by atoms with Crippen molar-refractivity contribution in [1.82, 2.24) is 30.0 Å². The topological polar surface area (TPSA) is 199 Å². The molecule has 5 saturated heterocycles. The van der Waals surface area contributed by atoms with Crippen LogP contribution in [-0.2, 0) is 30.5 Å². The first kappa shape index (κ1) is 46.0. The number of amides is 6. The number of carbonyl (C=O) groups excluding carboxylic acids is 6. The van der Waals surface area contributed by atoms with Crippen LogP contribution in [0.25, 0.3) is 10.9 Å². The van der Waals surface area contributed by atoms with Crippen LogP contribution in [0.4, 0.5) is 31.7 Å². The summed E-state index contributed by atoms with van der Waals surface area (Å²) in [7, 11) is 0. The lowest BCUT2D eigenvalue weighted by molar-refractivity contribution is -0.137. The van der Waals surface area contributed by atoms with Crippen molar-refractivity contribution in [3.05, 3.63) is 108 Å². The maximum absolute atomic E-state index is 15.9. The van der Waals surface area contributed by atoms with Crippen molar-refractivity contribution in [1.29, 1.82) is 0 Å². The van der Waals surface area contributed by atoms with Gasteiger partial charge in [-0.3, -0.25) is 48.9 Å². The number of fused-ring (bicyclic) bond motifs is 4. The molecule has 366 valence electrons. The number of benzene rings is 3. The van der Waals surface area contributed by atoms with Crippen LogP contribution in [0, 0.1) is 23.0 Å². The lowest BCUT2D eigenvalue weighted by atomic mass is 9.84. The number of rotatable bonds is 14. The number of nitrogens with one attached hydrogen (secondary N) is 4. The maximum Gasteiger partial charge on any atom is 0.256 e. The van der Waals surface area contributed by atoms with Gasteiger partial charge in [0.15, 0.2) is 0 Å².